The van der Waals surface area contributed by atoms with Gasteiger partial charge in [-0.25, -0.2) is 0 Å². The van der Waals surface area contributed by atoms with Crippen molar-refractivity contribution in [1.29, 1.82) is 0 Å². The van der Waals surface area contributed by atoms with E-state index in [1.807, 2.05) is 30.3 Å². The number of nitrogens with zero attached hydrogens (tertiary/aromatic N) is 2. The van der Waals surface area contributed by atoms with Gasteiger partial charge in [0.25, 0.3) is 11.8 Å². The summed E-state index contributed by atoms with van der Waals surface area (Å²) in [5, 5.41) is 12.8. The topological polar surface area (TPSA) is 95.0 Å². The lowest BCUT2D eigenvalue weighted by Crippen LogP contribution is -2.60. The van der Waals surface area contributed by atoms with Crippen LogP contribution >= 0.6 is 23.2 Å². The standard InChI is InChI=1S/C31H24Cl2N2O5/c1-34-28(39)30(32)15-21-19(12-13-20-23(21)27(38)35(26(20)37)17-8-3-2-4-9-17)25(31(30,33)29(34)40)24-18-10-6-5-7-16(18)11-14-22(24)36/h2-12,14,20-21,23,25,36H,13,15H2,1H3/t20-,21+,23-,25+,30+,31-/m0/s1. The lowest BCUT2D eigenvalue weighted by molar-refractivity contribution is -0.138. The molecule has 202 valence electrons. The highest BCUT2D eigenvalue weighted by atomic mass is 35.5. The molecule has 1 N–H and O–H groups in total. The average Bonchev–Trinajstić information content (AvgIpc) is 3.29. The fraction of sp³-hybridized carbons (Fsp3) is 0.290. The summed E-state index contributed by atoms with van der Waals surface area (Å²) in [5.41, 5.74) is 1.50. The average molecular weight is 575 g/mol. The van der Waals surface area contributed by atoms with Crippen LogP contribution in [0.2, 0.25) is 0 Å². The molecule has 2 aliphatic heterocycles. The van der Waals surface area contributed by atoms with E-state index in [9.17, 15) is 24.3 Å². The number of hydrogen-bond acceptors (Lipinski definition) is 5. The molecule has 0 bridgehead atoms. The highest BCUT2D eigenvalue weighted by molar-refractivity contribution is 6.53. The van der Waals surface area contributed by atoms with Crippen molar-refractivity contribution in [2.24, 2.45) is 17.8 Å². The summed E-state index contributed by atoms with van der Waals surface area (Å²) in [7, 11) is 1.35. The third-order valence-electron chi connectivity index (χ3n) is 9.26. The van der Waals surface area contributed by atoms with E-state index in [4.69, 9.17) is 23.2 Å². The first kappa shape index (κ1) is 25.3. The molecule has 2 saturated heterocycles. The maximum Gasteiger partial charge on any atom is 0.253 e. The van der Waals surface area contributed by atoms with Crippen LogP contribution in [0.3, 0.4) is 0 Å². The van der Waals surface area contributed by atoms with Gasteiger partial charge in [0.2, 0.25) is 11.8 Å². The molecule has 0 spiro atoms. The molecular weight excluding hydrogens is 551 g/mol. The van der Waals surface area contributed by atoms with Gasteiger partial charge in [-0.1, -0.05) is 60.2 Å². The van der Waals surface area contributed by atoms with Crippen LogP contribution in [0.1, 0.15) is 24.3 Å². The van der Waals surface area contributed by atoms with Gasteiger partial charge in [-0.3, -0.25) is 29.0 Å². The van der Waals surface area contributed by atoms with Gasteiger partial charge in [0.15, 0.2) is 9.75 Å². The summed E-state index contributed by atoms with van der Waals surface area (Å²) in [5.74, 6) is -5.20. The lowest BCUT2D eigenvalue weighted by Gasteiger charge is -2.51. The predicted molar refractivity (Wildman–Crippen MR) is 150 cm³/mol. The summed E-state index contributed by atoms with van der Waals surface area (Å²) < 4.78 is 0. The van der Waals surface area contributed by atoms with Crippen LogP contribution in [-0.4, -0.2) is 50.4 Å². The summed E-state index contributed by atoms with van der Waals surface area (Å²) in [6.45, 7) is 0. The van der Waals surface area contributed by atoms with Crippen molar-refractivity contribution in [1.82, 2.24) is 4.90 Å². The Morgan fingerprint density at radius 2 is 1.55 bits per heavy atom. The normalized spacial score (nSPS) is 33.2. The minimum atomic E-state index is -1.96. The number of likely N-dealkylation sites (tertiary alicyclic amines) is 1. The number of hydrogen-bond donors (Lipinski definition) is 1. The largest absolute Gasteiger partial charge is 0.508 e. The van der Waals surface area contributed by atoms with E-state index in [1.165, 1.54) is 18.0 Å². The third-order valence-corrected chi connectivity index (χ3v) is 10.7. The van der Waals surface area contributed by atoms with Crippen LogP contribution in [0.5, 0.6) is 5.75 Å². The van der Waals surface area contributed by atoms with Crippen LogP contribution < -0.4 is 4.90 Å². The Kier molecular flexibility index (Phi) is 5.32. The van der Waals surface area contributed by atoms with E-state index in [0.29, 0.717) is 22.2 Å². The number of aromatic hydroxyl groups is 1. The number of anilines is 1. The highest BCUT2D eigenvalue weighted by Crippen LogP contribution is 2.66. The zero-order valence-corrected chi connectivity index (χ0v) is 22.9. The second-order valence-electron chi connectivity index (χ2n) is 11.1. The first-order valence-electron chi connectivity index (χ1n) is 13.1. The molecule has 2 heterocycles. The molecule has 3 fully saturated rings. The number of rotatable bonds is 2. The van der Waals surface area contributed by atoms with Crippen LogP contribution in [0.4, 0.5) is 5.69 Å². The molecule has 40 heavy (non-hydrogen) atoms. The van der Waals surface area contributed by atoms with Crippen LogP contribution in [0.15, 0.2) is 78.4 Å². The molecular formula is C31H24Cl2N2O5. The van der Waals surface area contributed by atoms with Gasteiger partial charge in [0, 0.05) is 18.5 Å². The summed E-state index contributed by atoms with van der Waals surface area (Å²) in [4.78, 5) is 53.4. The van der Waals surface area contributed by atoms with Crippen molar-refractivity contribution in [2.75, 3.05) is 11.9 Å². The number of phenolic OH excluding ortho intramolecular Hbond substituents is 1. The number of carbonyl (C=O) groups excluding carboxylic acids is 4. The number of halogens is 2. The van der Waals surface area contributed by atoms with E-state index < -0.39 is 45.2 Å². The first-order valence-corrected chi connectivity index (χ1v) is 13.9. The highest BCUT2D eigenvalue weighted by Gasteiger charge is 2.76. The molecule has 2 aliphatic carbocycles. The maximum absolute atomic E-state index is 14.0. The number of phenols is 1. The quantitative estimate of drug-likeness (QED) is 0.271. The van der Waals surface area contributed by atoms with E-state index in [2.05, 4.69) is 0 Å². The van der Waals surface area contributed by atoms with Gasteiger partial charge in [-0.2, -0.15) is 0 Å². The van der Waals surface area contributed by atoms with Gasteiger partial charge in [-0.05, 0) is 47.7 Å². The van der Waals surface area contributed by atoms with Gasteiger partial charge < -0.3 is 5.11 Å². The minimum absolute atomic E-state index is 0.0936. The van der Waals surface area contributed by atoms with Crippen LogP contribution in [-0.2, 0) is 19.2 Å². The fourth-order valence-corrected chi connectivity index (χ4v) is 8.48. The van der Waals surface area contributed by atoms with Crippen LogP contribution in [0.25, 0.3) is 10.8 Å². The van der Waals surface area contributed by atoms with Crippen molar-refractivity contribution in [3.8, 4) is 5.75 Å². The zero-order chi connectivity index (χ0) is 28.1. The summed E-state index contributed by atoms with van der Waals surface area (Å²) in [6, 6.07) is 19.4. The lowest BCUT2D eigenvalue weighted by atomic mass is 9.56. The Bertz CT molecular complexity index is 1690. The molecule has 3 aromatic rings. The molecule has 6 atom stereocenters. The number of para-hydroxylation sites is 1. The number of fused-ring (bicyclic) bond motifs is 5. The molecule has 1 saturated carbocycles. The first-order chi connectivity index (χ1) is 19.1. The number of carbonyl (C=O) groups is 4. The van der Waals surface area contributed by atoms with E-state index in [-0.39, 0.29) is 30.4 Å². The van der Waals surface area contributed by atoms with Crippen molar-refractivity contribution < 1.29 is 24.3 Å². The Morgan fingerprint density at radius 3 is 2.30 bits per heavy atom. The van der Waals surface area contributed by atoms with E-state index in [1.54, 1.807) is 36.4 Å². The number of benzene rings is 3. The third kappa shape index (κ3) is 2.97. The molecule has 0 radical (unpaired) electrons. The Balaban J connectivity index is 1.47. The van der Waals surface area contributed by atoms with Gasteiger partial charge >= 0.3 is 0 Å². The van der Waals surface area contributed by atoms with Gasteiger partial charge in [0.05, 0.1) is 17.5 Å². The van der Waals surface area contributed by atoms with Crippen molar-refractivity contribution in [3.05, 3.63) is 83.9 Å². The minimum Gasteiger partial charge on any atom is -0.508 e. The second kappa shape index (κ2) is 8.41. The van der Waals surface area contributed by atoms with Crippen molar-refractivity contribution in [2.45, 2.75) is 28.5 Å². The van der Waals surface area contributed by atoms with Crippen molar-refractivity contribution >= 4 is 63.3 Å². The molecule has 7 nitrogen and oxygen atoms in total. The van der Waals surface area contributed by atoms with E-state index >= 15 is 0 Å². The maximum atomic E-state index is 14.0. The van der Waals surface area contributed by atoms with Crippen molar-refractivity contribution in [3.63, 3.8) is 0 Å². The number of imide groups is 2. The van der Waals surface area contributed by atoms with Gasteiger partial charge in [0.1, 0.15) is 5.75 Å². The number of allylic oxidation sites excluding steroid dienone is 2. The predicted octanol–water partition coefficient (Wildman–Crippen LogP) is 4.74. The Morgan fingerprint density at radius 1 is 0.850 bits per heavy atom. The summed E-state index contributed by atoms with van der Waals surface area (Å²) >= 11 is 14.5. The summed E-state index contributed by atoms with van der Waals surface area (Å²) in [6.07, 6.45) is 2.03. The molecule has 9 heteroatoms. The molecule has 0 aromatic heterocycles. The monoisotopic (exact) mass is 574 g/mol. The SMILES string of the molecule is CN1C(=O)[C@]2(Cl)C[C@@H]3C(=CC[C@@H]4C(=O)N(c5ccccc5)C(=O)[C@@H]43)[C@H](c3c(O)ccc4ccccc34)[C@]2(Cl)C1=O. The second-order valence-corrected chi connectivity index (χ2v) is 12.3. The molecule has 7 rings (SSSR count). The zero-order valence-electron chi connectivity index (χ0n) is 21.4. The Hall–Kier alpha value is -3.68. The number of alkyl halides is 2. The fourth-order valence-electron chi connectivity index (χ4n) is 7.48. The molecule has 0 unspecified atom stereocenters. The number of amides is 4. The Labute approximate surface area is 239 Å². The van der Waals surface area contributed by atoms with Crippen LogP contribution in [0, 0.1) is 17.8 Å². The molecule has 4 aliphatic rings. The molecule has 3 aromatic carbocycles. The van der Waals surface area contributed by atoms with Gasteiger partial charge in [-0.15, -0.1) is 23.2 Å². The smallest absolute Gasteiger partial charge is 0.253 e. The van der Waals surface area contributed by atoms with E-state index in [0.717, 1.165) is 10.3 Å². The molecule has 4 amide bonds.